The number of likely N-dealkylation sites (tertiary alicyclic amines) is 1. The van der Waals surface area contributed by atoms with Crippen molar-refractivity contribution >= 4 is 5.91 Å². The number of amides is 1. The Labute approximate surface area is 136 Å². The highest BCUT2D eigenvalue weighted by Crippen LogP contribution is 2.18. The first-order chi connectivity index (χ1) is 10.9. The van der Waals surface area contributed by atoms with E-state index in [4.69, 9.17) is 5.73 Å². The van der Waals surface area contributed by atoms with E-state index < -0.39 is 17.7 Å². The largest absolute Gasteiger partial charge is 0.351 e. The van der Waals surface area contributed by atoms with Crippen molar-refractivity contribution in [1.82, 2.24) is 10.2 Å². The van der Waals surface area contributed by atoms with Crippen molar-refractivity contribution in [1.29, 1.82) is 0 Å². The summed E-state index contributed by atoms with van der Waals surface area (Å²) in [7, 11) is 0. The summed E-state index contributed by atoms with van der Waals surface area (Å²) in [5, 5.41) is 2.95. The molecule has 4 nitrogen and oxygen atoms in total. The number of benzene rings is 1. The van der Waals surface area contributed by atoms with Crippen molar-refractivity contribution in [3.63, 3.8) is 0 Å². The van der Waals surface area contributed by atoms with E-state index in [0.29, 0.717) is 6.54 Å². The first-order valence-electron chi connectivity index (χ1n) is 8.09. The van der Waals surface area contributed by atoms with Crippen molar-refractivity contribution in [3.8, 4) is 0 Å². The second-order valence-corrected chi connectivity index (χ2v) is 6.55. The quantitative estimate of drug-likeness (QED) is 0.871. The zero-order valence-electron chi connectivity index (χ0n) is 13.7. The van der Waals surface area contributed by atoms with Crippen LogP contribution in [0.2, 0.25) is 0 Å². The Hall–Kier alpha value is -1.53. The molecular formula is C17H25F2N3O. The number of halogens is 2. The maximum atomic E-state index is 13.8. The van der Waals surface area contributed by atoms with Crippen LogP contribution < -0.4 is 11.1 Å². The molecule has 2 rings (SSSR count). The molecule has 0 aromatic heterocycles. The van der Waals surface area contributed by atoms with Crippen LogP contribution in [-0.2, 0) is 11.3 Å². The van der Waals surface area contributed by atoms with Crippen LogP contribution in [0.1, 0.15) is 32.3 Å². The number of rotatable bonds is 5. The van der Waals surface area contributed by atoms with Crippen molar-refractivity contribution in [2.75, 3.05) is 13.1 Å². The molecule has 1 heterocycles. The van der Waals surface area contributed by atoms with E-state index in [2.05, 4.69) is 5.32 Å². The van der Waals surface area contributed by atoms with E-state index in [9.17, 15) is 13.6 Å². The molecule has 3 N–H and O–H groups in total. The highest BCUT2D eigenvalue weighted by atomic mass is 19.1. The lowest BCUT2D eigenvalue weighted by Gasteiger charge is -2.34. The van der Waals surface area contributed by atoms with Gasteiger partial charge in [0.15, 0.2) is 0 Å². The topological polar surface area (TPSA) is 58.4 Å². The lowest BCUT2D eigenvalue weighted by Crippen LogP contribution is -2.52. The Morgan fingerprint density at radius 2 is 2.04 bits per heavy atom. The van der Waals surface area contributed by atoms with Gasteiger partial charge in [0, 0.05) is 24.7 Å². The summed E-state index contributed by atoms with van der Waals surface area (Å²) in [5.41, 5.74) is 5.93. The molecule has 0 bridgehead atoms. The van der Waals surface area contributed by atoms with E-state index in [1.54, 1.807) is 0 Å². The Morgan fingerprint density at radius 3 is 2.65 bits per heavy atom. The van der Waals surface area contributed by atoms with Crippen LogP contribution in [0.25, 0.3) is 0 Å². The van der Waals surface area contributed by atoms with Gasteiger partial charge in [-0.1, -0.05) is 19.9 Å². The van der Waals surface area contributed by atoms with Gasteiger partial charge in [-0.2, -0.15) is 0 Å². The maximum absolute atomic E-state index is 13.8. The molecule has 128 valence electrons. The standard InChI is InChI=1S/C17H25F2N3O/c1-11(2)16(20)17(23)21-12-5-4-8-22(9-12)10-13-14(18)6-3-7-15(13)19/h3,6-7,11-12,16H,4-5,8-10,20H2,1-2H3,(H,21,23)/t12?,16-/m0/s1. The number of nitrogens with two attached hydrogens (primary N) is 1. The van der Waals surface area contributed by atoms with Crippen LogP contribution in [0.5, 0.6) is 0 Å². The first-order valence-corrected chi connectivity index (χ1v) is 8.09. The van der Waals surface area contributed by atoms with Gasteiger partial charge in [0.05, 0.1) is 6.04 Å². The van der Waals surface area contributed by atoms with Crippen molar-refractivity contribution in [2.45, 2.75) is 45.3 Å². The third-order valence-corrected chi connectivity index (χ3v) is 4.32. The van der Waals surface area contributed by atoms with Crippen LogP contribution in [-0.4, -0.2) is 36.0 Å². The van der Waals surface area contributed by atoms with Gasteiger partial charge >= 0.3 is 0 Å². The number of carbonyl (C=O) groups is 1. The third-order valence-electron chi connectivity index (χ3n) is 4.32. The smallest absolute Gasteiger partial charge is 0.237 e. The summed E-state index contributed by atoms with van der Waals surface area (Å²) >= 11 is 0. The molecule has 1 aromatic carbocycles. The molecule has 1 unspecified atom stereocenters. The van der Waals surface area contributed by atoms with Crippen molar-refractivity contribution < 1.29 is 13.6 Å². The van der Waals surface area contributed by atoms with Crippen LogP contribution >= 0.6 is 0 Å². The van der Waals surface area contributed by atoms with Gasteiger partial charge in [0.1, 0.15) is 11.6 Å². The van der Waals surface area contributed by atoms with E-state index in [1.165, 1.54) is 18.2 Å². The number of piperidine rings is 1. The summed E-state index contributed by atoms with van der Waals surface area (Å²) in [6, 6.07) is 3.33. The predicted molar refractivity (Wildman–Crippen MR) is 85.6 cm³/mol. The van der Waals surface area contributed by atoms with E-state index in [0.717, 1.165) is 19.4 Å². The monoisotopic (exact) mass is 325 g/mol. The Balaban J connectivity index is 1.95. The number of hydrogen-bond donors (Lipinski definition) is 2. The summed E-state index contributed by atoms with van der Waals surface area (Å²) < 4.78 is 27.5. The molecular weight excluding hydrogens is 300 g/mol. The molecule has 1 saturated heterocycles. The maximum Gasteiger partial charge on any atom is 0.237 e. The molecule has 2 atom stereocenters. The van der Waals surface area contributed by atoms with E-state index in [1.807, 2.05) is 18.7 Å². The fraction of sp³-hybridized carbons (Fsp3) is 0.588. The lowest BCUT2D eigenvalue weighted by atomic mass is 10.0. The zero-order chi connectivity index (χ0) is 17.0. The molecule has 1 aliphatic rings. The average Bonchev–Trinajstić information content (AvgIpc) is 2.50. The van der Waals surface area contributed by atoms with Gasteiger partial charge in [-0.3, -0.25) is 9.69 Å². The fourth-order valence-electron chi connectivity index (χ4n) is 2.82. The highest BCUT2D eigenvalue weighted by Gasteiger charge is 2.25. The molecule has 1 aromatic rings. The third kappa shape index (κ3) is 4.72. The van der Waals surface area contributed by atoms with Crippen LogP contribution in [0, 0.1) is 17.6 Å². The molecule has 0 aliphatic carbocycles. The van der Waals surface area contributed by atoms with E-state index >= 15 is 0 Å². The number of carbonyl (C=O) groups excluding carboxylic acids is 1. The molecule has 0 saturated carbocycles. The second-order valence-electron chi connectivity index (χ2n) is 6.55. The normalized spacial score (nSPS) is 20.5. The van der Waals surface area contributed by atoms with Crippen LogP contribution in [0.3, 0.4) is 0 Å². The summed E-state index contributed by atoms with van der Waals surface area (Å²) in [6.45, 7) is 5.35. The summed E-state index contributed by atoms with van der Waals surface area (Å²) in [6.07, 6.45) is 1.73. The Kier molecular flexibility index (Phi) is 6.07. The second kappa shape index (κ2) is 7.84. The van der Waals surface area contributed by atoms with Gasteiger partial charge in [-0.25, -0.2) is 8.78 Å². The van der Waals surface area contributed by atoms with Crippen molar-refractivity contribution in [3.05, 3.63) is 35.4 Å². The molecule has 23 heavy (non-hydrogen) atoms. The predicted octanol–water partition coefficient (Wildman–Crippen LogP) is 2.03. The number of nitrogens with zero attached hydrogens (tertiary/aromatic N) is 1. The van der Waals surface area contributed by atoms with Crippen LogP contribution in [0.15, 0.2) is 18.2 Å². The molecule has 1 amide bonds. The van der Waals surface area contributed by atoms with Gasteiger partial charge in [-0.05, 0) is 37.4 Å². The molecule has 0 radical (unpaired) electrons. The van der Waals surface area contributed by atoms with Gasteiger partial charge in [0.25, 0.3) is 0 Å². The summed E-state index contributed by atoms with van der Waals surface area (Å²) in [4.78, 5) is 14.0. The van der Waals surface area contributed by atoms with Crippen molar-refractivity contribution in [2.24, 2.45) is 11.7 Å². The molecule has 1 aliphatic heterocycles. The Bertz CT molecular complexity index is 530. The lowest BCUT2D eigenvalue weighted by molar-refractivity contribution is -0.124. The van der Waals surface area contributed by atoms with Gasteiger partial charge < -0.3 is 11.1 Å². The summed E-state index contributed by atoms with van der Waals surface area (Å²) in [5.74, 6) is -1.15. The zero-order valence-corrected chi connectivity index (χ0v) is 13.7. The highest BCUT2D eigenvalue weighted by molar-refractivity contribution is 5.82. The molecule has 1 fully saturated rings. The minimum absolute atomic E-state index is 0.0316. The van der Waals surface area contributed by atoms with Gasteiger partial charge in [0.2, 0.25) is 5.91 Å². The SMILES string of the molecule is CC(C)[C@H](N)C(=O)NC1CCCN(Cc2c(F)cccc2F)C1. The molecule has 0 spiro atoms. The van der Waals surface area contributed by atoms with Crippen LogP contribution in [0.4, 0.5) is 8.78 Å². The van der Waals surface area contributed by atoms with E-state index in [-0.39, 0.29) is 30.0 Å². The average molecular weight is 325 g/mol. The Morgan fingerprint density at radius 1 is 1.39 bits per heavy atom. The first kappa shape index (κ1) is 17.8. The van der Waals surface area contributed by atoms with Gasteiger partial charge in [-0.15, -0.1) is 0 Å². The fourth-order valence-corrected chi connectivity index (χ4v) is 2.82. The number of nitrogens with one attached hydrogen (secondary N) is 1. The minimum Gasteiger partial charge on any atom is -0.351 e. The minimum atomic E-state index is -0.533. The number of hydrogen-bond acceptors (Lipinski definition) is 3. The molecule has 6 heteroatoms.